The summed E-state index contributed by atoms with van der Waals surface area (Å²) in [6.45, 7) is 3.66. The van der Waals surface area contributed by atoms with E-state index < -0.39 is 17.6 Å². The molecule has 0 atom stereocenters. The molecule has 0 radical (unpaired) electrons. The predicted molar refractivity (Wildman–Crippen MR) is 89.4 cm³/mol. The fraction of sp³-hybridized carbons (Fsp3) is 0.250. The Bertz CT molecular complexity index is 773. The van der Waals surface area contributed by atoms with Crippen LogP contribution in [0.15, 0.2) is 40.6 Å². The molecule has 0 bridgehead atoms. The lowest BCUT2D eigenvalue weighted by Crippen LogP contribution is -2.19. The molecule has 2 aromatic rings. The van der Waals surface area contributed by atoms with E-state index in [1.54, 1.807) is 0 Å². The highest BCUT2D eigenvalue weighted by Crippen LogP contribution is 2.29. The second kappa shape index (κ2) is 8.11. The van der Waals surface area contributed by atoms with Crippen molar-refractivity contribution in [3.8, 4) is 0 Å². The Morgan fingerprint density at radius 1 is 1.24 bits per heavy atom. The van der Waals surface area contributed by atoms with Crippen molar-refractivity contribution in [1.82, 2.24) is 15.4 Å². The number of carbonyl (C=O) groups is 1. The van der Waals surface area contributed by atoms with Gasteiger partial charge in [-0.15, -0.1) is 0 Å². The average molecular weight is 368 g/mol. The van der Waals surface area contributed by atoms with Crippen molar-refractivity contribution in [3.63, 3.8) is 0 Å². The number of hydrogen-bond donors (Lipinski definition) is 1. The average Bonchev–Trinajstić information content (AvgIpc) is 2.51. The summed E-state index contributed by atoms with van der Waals surface area (Å²) >= 11 is 1.15. The number of alkyl halides is 3. The van der Waals surface area contributed by atoms with Gasteiger partial charge < -0.3 is 0 Å². The van der Waals surface area contributed by atoms with Gasteiger partial charge in [-0.3, -0.25) is 4.79 Å². The van der Waals surface area contributed by atoms with Crippen LogP contribution in [0.3, 0.4) is 0 Å². The van der Waals surface area contributed by atoms with Gasteiger partial charge in [0.05, 0.1) is 17.5 Å². The van der Waals surface area contributed by atoms with E-state index in [2.05, 4.69) is 20.5 Å². The highest BCUT2D eigenvalue weighted by molar-refractivity contribution is 7.99. The number of hydrazone groups is 1. The lowest BCUT2D eigenvalue weighted by molar-refractivity contribution is -0.137. The van der Waals surface area contributed by atoms with Crippen LogP contribution in [0.4, 0.5) is 13.2 Å². The van der Waals surface area contributed by atoms with Crippen LogP contribution in [0.1, 0.15) is 22.5 Å². The van der Waals surface area contributed by atoms with Crippen LogP contribution in [0.2, 0.25) is 0 Å². The molecule has 0 aliphatic heterocycles. The van der Waals surface area contributed by atoms with Crippen molar-refractivity contribution >= 4 is 23.9 Å². The molecular weight excluding hydrogens is 353 g/mol. The Labute approximate surface area is 146 Å². The number of nitrogens with zero attached hydrogens (tertiary/aromatic N) is 3. The third-order valence-corrected chi connectivity index (χ3v) is 3.76. The Balaban J connectivity index is 1.88. The first-order chi connectivity index (χ1) is 11.7. The number of rotatable bonds is 5. The molecule has 2 rings (SSSR count). The van der Waals surface area contributed by atoms with Crippen LogP contribution >= 0.6 is 11.8 Å². The second-order valence-corrected chi connectivity index (χ2v) is 6.08. The third kappa shape index (κ3) is 6.18. The van der Waals surface area contributed by atoms with Crippen LogP contribution in [0.5, 0.6) is 0 Å². The Kier molecular flexibility index (Phi) is 6.13. The molecule has 0 aliphatic carbocycles. The molecule has 0 aliphatic rings. The van der Waals surface area contributed by atoms with E-state index in [0.29, 0.717) is 5.16 Å². The minimum Gasteiger partial charge on any atom is -0.272 e. The zero-order valence-electron chi connectivity index (χ0n) is 13.5. The predicted octanol–water partition coefficient (Wildman–Crippen LogP) is 3.35. The molecule has 1 aromatic carbocycles. The van der Waals surface area contributed by atoms with Gasteiger partial charge in [0.25, 0.3) is 5.91 Å². The number of thioether (sulfide) groups is 1. The smallest absolute Gasteiger partial charge is 0.272 e. The molecule has 0 spiro atoms. The normalized spacial score (nSPS) is 11.7. The van der Waals surface area contributed by atoms with Crippen molar-refractivity contribution in [2.45, 2.75) is 25.2 Å². The lowest BCUT2D eigenvalue weighted by atomic mass is 10.1. The van der Waals surface area contributed by atoms with Crippen LogP contribution in [0, 0.1) is 13.8 Å². The summed E-state index contributed by atoms with van der Waals surface area (Å²) in [7, 11) is 0. The van der Waals surface area contributed by atoms with E-state index in [-0.39, 0.29) is 11.3 Å². The van der Waals surface area contributed by atoms with Gasteiger partial charge in [0, 0.05) is 11.4 Å². The van der Waals surface area contributed by atoms with Crippen molar-refractivity contribution < 1.29 is 18.0 Å². The fourth-order valence-electron chi connectivity index (χ4n) is 1.89. The van der Waals surface area contributed by atoms with E-state index in [1.807, 2.05) is 19.9 Å². The minimum absolute atomic E-state index is 0.0445. The maximum atomic E-state index is 12.6. The molecule has 0 unspecified atom stereocenters. The fourth-order valence-corrected chi connectivity index (χ4v) is 2.64. The summed E-state index contributed by atoms with van der Waals surface area (Å²) in [5, 5.41) is 4.15. The summed E-state index contributed by atoms with van der Waals surface area (Å²) in [4.78, 5) is 20.1. The third-order valence-electron chi connectivity index (χ3n) is 2.91. The zero-order chi connectivity index (χ0) is 18.4. The number of amides is 1. The maximum absolute atomic E-state index is 12.6. The van der Waals surface area contributed by atoms with E-state index >= 15 is 0 Å². The molecule has 1 N–H and O–H groups in total. The quantitative estimate of drug-likeness (QED) is 0.380. The molecule has 9 heteroatoms. The van der Waals surface area contributed by atoms with E-state index in [0.717, 1.165) is 41.5 Å². The van der Waals surface area contributed by atoms with Gasteiger partial charge in [-0.25, -0.2) is 15.4 Å². The first-order valence-corrected chi connectivity index (χ1v) is 8.17. The van der Waals surface area contributed by atoms with Gasteiger partial charge in [-0.05, 0) is 37.6 Å². The second-order valence-electron chi connectivity index (χ2n) is 5.14. The maximum Gasteiger partial charge on any atom is 0.416 e. The molecule has 132 valence electrons. The minimum atomic E-state index is -4.42. The van der Waals surface area contributed by atoms with Crippen LogP contribution in [-0.4, -0.2) is 27.8 Å². The summed E-state index contributed by atoms with van der Waals surface area (Å²) in [5.74, 6) is -0.362. The summed E-state index contributed by atoms with van der Waals surface area (Å²) in [5.41, 5.74) is 3.33. The highest BCUT2D eigenvalue weighted by Gasteiger charge is 2.30. The first kappa shape index (κ1) is 18.9. The van der Waals surface area contributed by atoms with E-state index in [9.17, 15) is 18.0 Å². The SMILES string of the molecule is Cc1cc(C)nc(SCC(=O)NN=Cc2cccc(C(F)(F)F)c2)n1. The van der Waals surface area contributed by atoms with Crippen molar-refractivity contribution in [2.75, 3.05) is 5.75 Å². The largest absolute Gasteiger partial charge is 0.416 e. The van der Waals surface area contributed by atoms with Gasteiger partial charge in [-0.1, -0.05) is 23.9 Å². The van der Waals surface area contributed by atoms with Crippen LogP contribution in [0.25, 0.3) is 0 Å². The molecule has 5 nitrogen and oxygen atoms in total. The van der Waals surface area contributed by atoms with Gasteiger partial charge in [-0.2, -0.15) is 18.3 Å². The summed E-state index contributed by atoms with van der Waals surface area (Å²) in [6.07, 6.45) is -3.26. The van der Waals surface area contributed by atoms with Crippen LogP contribution < -0.4 is 5.43 Å². The Morgan fingerprint density at radius 2 is 1.92 bits per heavy atom. The number of hydrogen-bond acceptors (Lipinski definition) is 5. The van der Waals surface area contributed by atoms with Crippen LogP contribution in [-0.2, 0) is 11.0 Å². The summed E-state index contributed by atoms with van der Waals surface area (Å²) in [6, 6.07) is 6.48. The molecular formula is C16H15F3N4OS. The van der Waals surface area contributed by atoms with E-state index in [4.69, 9.17) is 0 Å². The van der Waals surface area contributed by atoms with Crippen molar-refractivity contribution in [3.05, 3.63) is 52.8 Å². The number of aromatic nitrogens is 2. The molecule has 1 heterocycles. The molecule has 0 fully saturated rings. The lowest BCUT2D eigenvalue weighted by Gasteiger charge is -2.06. The Morgan fingerprint density at radius 3 is 2.56 bits per heavy atom. The molecule has 1 aromatic heterocycles. The van der Waals surface area contributed by atoms with Crippen molar-refractivity contribution in [2.24, 2.45) is 5.10 Å². The van der Waals surface area contributed by atoms with Crippen molar-refractivity contribution in [1.29, 1.82) is 0 Å². The standard InChI is InChI=1S/C16H15F3N4OS/c1-10-6-11(2)22-15(21-10)25-9-14(24)23-20-8-12-4-3-5-13(7-12)16(17,18)19/h3-8H,9H2,1-2H3,(H,23,24). The summed E-state index contributed by atoms with van der Waals surface area (Å²) < 4.78 is 37.8. The first-order valence-electron chi connectivity index (χ1n) is 7.18. The highest BCUT2D eigenvalue weighted by atomic mass is 32.2. The number of carbonyl (C=O) groups excluding carboxylic acids is 1. The molecule has 1 amide bonds. The zero-order valence-corrected chi connectivity index (χ0v) is 14.3. The monoisotopic (exact) mass is 368 g/mol. The molecule has 0 saturated carbocycles. The number of halogens is 3. The number of benzene rings is 1. The molecule has 25 heavy (non-hydrogen) atoms. The van der Waals surface area contributed by atoms with Gasteiger partial charge >= 0.3 is 6.18 Å². The number of nitrogens with one attached hydrogen (secondary N) is 1. The van der Waals surface area contributed by atoms with Gasteiger partial charge in [0.2, 0.25) is 0 Å². The van der Waals surface area contributed by atoms with E-state index in [1.165, 1.54) is 12.1 Å². The topological polar surface area (TPSA) is 67.2 Å². The number of aryl methyl sites for hydroxylation is 2. The van der Waals surface area contributed by atoms with Gasteiger partial charge in [0.15, 0.2) is 5.16 Å². The Hall–Kier alpha value is -2.42. The van der Waals surface area contributed by atoms with Gasteiger partial charge in [0.1, 0.15) is 0 Å². The molecule has 0 saturated heterocycles.